The van der Waals surface area contributed by atoms with E-state index in [-0.39, 0.29) is 30.1 Å². The van der Waals surface area contributed by atoms with Gasteiger partial charge in [-0.1, -0.05) is 35.5 Å². The molecule has 0 saturated heterocycles. The first-order valence-electron chi connectivity index (χ1n) is 9.99. The third kappa shape index (κ3) is 5.95. The van der Waals surface area contributed by atoms with E-state index in [1.54, 1.807) is 38.6 Å². The second kappa shape index (κ2) is 10.4. The van der Waals surface area contributed by atoms with Crippen molar-refractivity contribution in [2.45, 2.75) is 32.6 Å². The third-order valence-electron chi connectivity index (χ3n) is 4.89. The zero-order valence-corrected chi connectivity index (χ0v) is 17.8. The number of likely N-dealkylation sites (N-methyl/N-ethyl adjacent to an activating group) is 1. The predicted molar refractivity (Wildman–Crippen MR) is 114 cm³/mol. The molecule has 2 aromatic heterocycles. The summed E-state index contributed by atoms with van der Waals surface area (Å²) in [6.07, 6.45) is 4.24. The van der Waals surface area contributed by atoms with Crippen molar-refractivity contribution in [1.82, 2.24) is 30.2 Å². The number of hydrogen-bond donors (Lipinski definition) is 1. The van der Waals surface area contributed by atoms with Crippen molar-refractivity contribution in [1.29, 1.82) is 0 Å². The van der Waals surface area contributed by atoms with Gasteiger partial charge >= 0.3 is 0 Å². The van der Waals surface area contributed by atoms with Gasteiger partial charge in [0.25, 0.3) is 5.91 Å². The molecule has 2 atom stereocenters. The number of carbonyl (C=O) groups is 2. The molecule has 0 aliphatic carbocycles. The van der Waals surface area contributed by atoms with Crippen LogP contribution in [0.1, 0.15) is 29.9 Å². The molecule has 31 heavy (non-hydrogen) atoms. The number of carbonyl (C=O) groups excluding carboxylic acids is 2. The third-order valence-corrected chi connectivity index (χ3v) is 4.89. The van der Waals surface area contributed by atoms with Crippen molar-refractivity contribution in [3.63, 3.8) is 0 Å². The summed E-state index contributed by atoms with van der Waals surface area (Å²) in [6.45, 7) is 4.20. The Kier molecular flexibility index (Phi) is 7.45. The number of nitrogens with one attached hydrogen (secondary N) is 1. The lowest BCUT2D eigenvalue weighted by Crippen LogP contribution is -2.45. The van der Waals surface area contributed by atoms with Crippen molar-refractivity contribution >= 4 is 11.8 Å². The summed E-state index contributed by atoms with van der Waals surface area (Å²) < 4.78 is 7.12. The number of rotatable bonds is 9. The zero-order chi connectivity index (χ0) is 22.2. The van der Waals surface area contributed by atoms with Gasteiger partial charge in [-0.05, 0) is 31.5 Å². The van der Waals surface area contributed by atoms with Crippen molar-refractivity contribution in [2.24, 2.45) is 0 Å². The quantitative estimate of drug-likeness (QED) is 0.565. The molecule has 0 fully saturated rings. The Morgan fingerprint density at radius 1 is 1.16 bits per heavy atom. The van der Waals surface area contributed by atoms with Gasteiger partial charge in [-0.15, -0.1) is 5.10 Å². The van der Waals surface area contributed by atoms with Gasteiger partial charge in [-0.25, -0.2) is 4.68 Å². The Balaban J connectivity index is 1.48. The smallest absolute Gasteiger partial charge is 0.276 e. The molecule has 0 aliphatic heterocycles. The summed E-state index contributed by atoms with van der Waals surface area (Å²) in [6, 6.07) is 13.0. The molecule has 0 radical (unpaired) electrons. The molecule has 2 unspecified atom stereocenters. The Morgan fingerprint density at radius 3 is 2.65 bits per heavy atom. The molecule has 3 aromatic rings. The Morgan fingerprint density at radius 2 is 1.94 bits per heavy atom. The number of pyridine rings is 1. The summed E-state index contributed by atoms with van der Waals surface area (Å²) in [5, 5.41) is 10.8. The molecule has 1 N–H and O–H groups in total. The second-order valence-corrected chi connectivity index (χ2v) is 7.21. The minimum absolute atomic E-state index is 0.212. The molecule has 0 aliphatic rings. The topological polar surface area (TPSA) is 102 Å². The molecule has 9 heteroatoms. The number of aromatic nitrogens is 4. The maximum absolute atomic E-state index is 12.7. The average molecular weight is 422 g/mol. The van der Waals surface area contributed by atoms with Gasteiger partial charge in [-0.3, -0.25) is 14.6 Å². The molecule has 2 heterocycles. The average Bonchev–Trinajstić information content (AvgIpc) is 3.31. The van der Waals surface area contributed by atoms with Crippen LogP contribution in [-0.4, -0.2) is 62.4 Å². The molecule has 0 bridgehead atoms. The SMILES string of the molecule is CC(OCc1ccccc1)C(=O)NCC(C)N(C)C(=O)c1cn(-c2cccnc2)nn1. The predicted octanol–water partition coefficient (Wildman–Crippen LogP) is 1.84. The fourth-order valence-electron chi connectivity index (χ4n) is 2.76. The van der Waals surface area contributed by atoms with E-state index in [4.69, 9.17) is 4.74 Å². The van der Waals surface area contributed by atoms with Crippen LogP contribution in [0.3, 0.4) is 0 Å². The van der Waals surface area contributed by atoms with Crippen LogP contribution in [0, 0.1) is 0 Å². The summed E-state index contributed by atoms with van der Waals surface area (Å²) >= 11 is 0. The molecule has 9 nitrogen and oxygen atoms in total. The van der Waals surface area contributed by atoms with Crippen LogP contribution in [-0.2, 0) is 16.1 Å². The number of ether oxygens (including phenoxy) is 1. The van der Waals surface area contributed by atoms with E-state index < -0.39 is 6.10 Å². The molecular formula is C22H26N6O3. The summed E-state index contributed by atoms with van der Waals surface area (Å²) in [5.74, 6) is -0.517. The molecule has 162 valence electrons. The van der Waals surface area contributed by atoms with E-state index in [0.29, 0.717) is 12.3 Å². The Hall–Kier alpha value is -3.59. The molecule has 0 spiro atoms. The molecule has 3 rings (SSSR count). The monoisotopic (exact) mass is 422 g/mol. The second-order valence-electron chi connectivity index (χ2n) is 7.21. The lowest BCUT2D eigenvalue weighted by atomic mass is 10.2. The highest BCUT2D eigenvalue weighted by Crippen LogP contribution is 2.08. The van der Waals surface area contributed by atoms with Gasteiger partial charge in [0, 0.05) is 25.8 Å². The van der Waals surface area contributed by atoms with Gasteiger partial charge in [0.1, 0.15) is 6.10 Å². The first-order valence-corrected chi connectivity index (χ1v) is 9.99. The lowest BCUT2D eigenvalue weighted by Gasteiger charge is -2.25. The summed E-state index contributed by atoms with van der Waals surface area (Å²) in [5.41, 5.74) is 1.92. The maximum atomic E-state index is 12.7. The van der Waals surface area contributed by atoms with E-state index in [1.807, 2.05) is 43.3 Å². The largest absolute Gasteiger partial charge is 0.364 e. The highest BCUT2D eigenvalue weighted by molar-refractivity contribution is 5.92. The van der Waals surface area contributed by atoms with Crippen LogP contribution in [0.25, 0.3) is 5.69 Å². The fraction of sp³-hybridized carbons (Fsp3) is 0.318. The van der Waals surface area contributed by atoms with Crippen LogP contribution in [0.15, 0.2) is 61.1 Å². The lowest BCUT2D eigenvalue weighted by molar-refractivity contribution is -0.132. The Labute approximate surface area is 181 Å². The van der Waals surface area contributed by atoms with E-state index in [2.05, 4.69) is 20.6 Å². The van der Waals surface area contributed by atoms with Gasteiger partial charge in [0.05, 0.1) is 24.7 Å². The van der Waals surface area contributed by atoms with E-state index in [0.717, 1.165) is 5.56 Å². The van der Waals surface area contributed by atoms with Gasteiger partial charge in [0.2, 0.25) is 5.91 Å². The zero-order valence-electron chi connectivity index (χ0n) is 17.8. The van der Waals surface area contributed by atoms with E-state index in [9.17, 15) is 9.59 Å². The highest BCUT2D eigenvalue weighted by atomic mass is 16.5. The molecule has 0 saturated carbocycles. The van der Waals surface area contributed by atoms with Crippen molar-refractivity contribution in [3.8, 4) is 5.69 Å². The normalized spacial score (nSPS) is 12.7. The highest BCUT2D eigenvalue weighted by Gasteiger charge is 2.22. The Bertz CT molecular complexity index is 993. The summed E-state index contributed by atoms with van der Waals surface area (Å²) in [4.78, 5) is 30.6. The standard InChI is InChI=1S/C22H26N6O3/c1-16(12-24-21(29)17(2)31-15-18-8-5-4-6-9-18)27(3)22(30)20-14-28(26-25-20)19-10-7-11-23-13-19/h4-11,13-14,16-17H,12,15H2,1-3H3,(H,24,29). The van der Waals surface area contributed by atoms with Crippen LogP contribution in [0.4, 0.5) is 0 Å². The minimum atomic E-state index is -0.604. The van der Waals surface area contributed by atoms with Crippen LogP contribution in [0.2, 0.25) is 0 Å². The van der Waals surface area contributed by atoms with E-state index in [1.165, 1.54) is 9.58 Å². The number of amides is 2. The number of nitrogens with zero attached hydrogens (tertiary/aromatic N) is 5. The maximum Gasteiger partial charge on any atom is 0.276 e. The first kappa shape index (κ1) is 22.1. The molecular weight excluding hydrogens is 396 g/mol. The van der Waals surface area contributed by atoms with Gasteiger partial charge < -0.3 is 15.0 Å². The summed E-state index contributed by atoms with van der Waals surface area (Å²) in [7, 11) is 1.66. The van der Waals surface area contributed by atoms with Gasteiger partial charge in [-0.2, -0.15) is 0 Å². The van der Waals surface area contributed by atoms with E-state index >= 15 is 0 Å². The minimum Gasteiger partial charge on any atom is -0.364 e. The van der Waals surface area contributed by atoms with Crippen molar-refractivity contribution < 1.29 is 14.3 Å². The molecule has 2 amide bonds. The van der Waals surface area contributed by atoms with Crippen LogP contribution in [0.5, 0.6) is 0 Å². The van der Waals surface area contributed by atoms with Crippen molar-refractivity contribution in [2.75, 3.05) is 13.6 Å². The fourth-order valence-corrected chi connectivity index (χ4v) is 2.76. The van der Waals surface area contributed by atoms with Crippen LogP contribution < -0.4 is 5.32 Å². The van der Waals surface area contributed by atoms with Crippen molar-refractivity contribution in [3.05, 3.63) is 72.3 Å². The number of hydrogen-bond acceptors (Lipinski definition) is 6. The van der Waals surface area contributed by atoms with Gasteiger partial charge in [0.15, 0.2) is 5.69 Å². The number of benzene rings is 1. The van der Waals surface area contributed by atoms with Crippen LogP contribution >= 0.6 is 0 Å². The first-order chi connectivity index (χ1) is 15.0. The molecule has 1 aromatic carbocycles.